The fourth-order valence-electron chi connectivity index (χ4n) is 2.74. The predicted octanol–water partition coefficient (Wildman–Crippen LogP) is 3.10. The lowest BCUT2D eigenvalue weighted by molar-refractivity contribution is -0.138. The van der Waals surface area contributed by atoms with E-state index in [0.717, 1.165) is 43.3 Å². The molecule has 1 aliphatic heterocycles. The van der Waals surface area contributed by atoms with Gasteiger partial charge in [-0.15, -0.1) is 0 Å². The Labute approximate surface area is 121 Å². The maximum atomic E-state index is 12.1. The molecule has 0 bridgehead atoms. The predicted molar refractivity (Wildman–Crippen MR) is 80.2 cm³/mol. The fraction of sp³-hybridized carbons (Fsp3) is 0.588. The molecule has 110 valence electrons. The minimum Gasteiger partial charge on any atom is -0.367 e. The molecule has 1 fully saturated rings. The van der Waals surface area contributed by atoms with Gasteiger partial charge in [-0.3, -0.25) is 4.79 Å². The highest BCUT2D eigenvalue weighted by atomic mass is 16.5. The Hall–Kier alpha value is -1.35. The van der Waals surface area contributed by atoms with E-state index in [9.17, 15) is 4.79 Å². The lowest BCUT2D eigenvalue weighted by Gasteiger charge is -2.33. The van der Waals surface area contributed by atoms with Gasteiger partial charge in [0.1, 0.15) is 6.61 Å². The molecule has 0 aliphatic carbocycles. The molecule has 1 amide bonds. The van der Waals surface area contributed by atoms with Crippen LogP contribution in [0.4, 0.5) is 0 Å². The van der Waals surface area contributed by atoms with Gasteiger partial charge in [-0.1, -0.05) is 44.2 Å². The zero-order valence-corrected chi connectivity index (χ0v) is 12.5. The number of amides is 1. The minimum absolute atomic E-state index is 0.128. The van der Waals surface area contributed by atoms with Gasteiger partial charge in [0.05, 0.1) is 6.61 Å². The van der Waals surface area contributed by atoms with E-state index < -0.39 is 0 Å². The number of carbonyl (C=O) groups is 1. The van der Waals surface area contributed by atoms with E-state index in [1.807, 2.05) is 35.2 Å². The summed E-state index contributed by atoms with van der Waals surface area (Å²) in [7, 11) is 0. The van der Waals surface area contributed by atoms with Crippen LogP contribution in [0.25, 0.3) is 0 Å². The lowest BCUT2D eigenvalue weighted by Crippen LogP contribution is -2.41. The van der Waals surface area contributed by atoms with E-state index in [1.165, 1.54) is 0 Å². The van der Waals surface area contributed by atoms with Crippen molar-refractivity contribution in [2.24, 2.45) is 11.8 Å². The number of ether oxygens (including phenoxy) is 1. The molecule has 1 aromatic rings. The van der Waals surface area contributed by atoms with Gasteiger partial charge in [0.15, 0.2) is 0 Å². The first-order chi connectivity index (χ1) is 9.66. The number of benzene rings is 1. The number of hydrogen-bond donors (Lipinski definition) is 0. The molecule has 3 heteroatoms. The minimum atomic E-state index is 0.128. The molecule has 0 saturated carbocycles. The topological polar surface area (TPSA) is 29.5 Å². The van der Waals surface area contributed by atoms with E-state index in [2.05, 4.69) is 13.8 Å². The van der Waals surface area contributed by atoms with E-state index in [0.29, 0.717) is 6.61 Å². The summed E-state index contributed by atoms with van der Waals surface area (Å²) >= 11 is 0. The van der Waals surface area contributed by atoms with E-state index >= 15 is 0 Å². The van der Waals surface area contributed by atoms with Crippen molar-refractivity contribution in [3.63, 3.8) is 0 Å². The summed E-state index contributed by atoms with van der Waals surface area (Å²) in [5.41, 5.74) is 1.11. The number of carbonyl (C=O) groups excluding carboxylic acids is 1. The fourth-order valence-corrected chi connectivity index (χ4v) is 2.74. The molecule has 0 spiro atoms. The molecule has 1 aliphatic rings. The van der Waals surface area contributed by atoms with Crippen molar-refractivity contribution < 1.29 is 9.53 Å². The molecule has 0 N–H and O–H groups in total. The molecule has 2 rings (SSSR count). The molecule has 1 heterocycles. The van der Waals surface area contributed by atoms with Crippen LogP contribution in [0, 0.1) is 11.8 Å². The van der Waals surface area contributed by atoms with Crippen LogP contribution in [-0.4, -0.2) is 30.5 Å². The smallest absolute Gasteiger partial charge is 0.248 e. The van der Waals surface area contributed by atoms with E-state index in [4.69, 9.17) is 4.74 Å². The van der Waals surface area contributed by atoms with Crippen LogP contribution in [-0.2, 0) is 16.1 Å². The van der Waals surface area contributed by atoms with Crippen molar-refractivity contribution in [2.75, 3.05) is 19.7 Å². The average Bonchev–Trinajstić information content (AvgIpc) is 2.48. The molecular weight excluding hydrogens is 250 g/mol. The summed E-state index contributed by atoms with van der Waals surface area (Å²) in [5, 5.41) is 0. The van der Waals surface area contributed by atoms with Crippen molar-refractivity contribution in [2.45, 2.75) is 33.3 Å². The molecule has 1 aromatic carbocycles. The van der Waals surface area contributed by atoms with Crippen LogP contribution < -0.4 is 0 Å². The highest BCUT2D eigenvalue weighted by molar-refractivity contribution is 5.77. The molecule has 0 aromatic heterocycles. The van der Waals surface area contributed by atoms with Crippen LogP contribution in [0.2, 0.25) is 0 Å². The molecule has 20 heavy (non-hydrogen) atoms. The van der Waals surface area contributed by atoms with Crippen molar-refractivity contribution in [3.05, 3.63) is 35.9 Å². The second-order valence-corrected chi connectivity index (χ2v) is 5.94. The Morgan fingerprint density at radius 2 is 1.90 bits per heavy atom. The number of rotatable bonds is 5. The highest BCUT2D eigenvalue weighted by Crippen LogP contribution is 2.24. The maximum absolute atomic E-state index is 12.1. The van der Waals surface area contributed by atoms with Gasteiger partial charge in [-0.05, 0) is 30.2 Å². The monoisotopic (exact) mass is 275 g/mol. The molecule has 3 nitrogen and oxygen atoms in total. The molecule has 0 radical (unpaired) electrons. The Balaban J connectivity index is 1.68. The van der Waals surface area contributed by atoms with Crippen molar-refractivity contribution in [3.8, 4) is 0 Å². The second kappa shape index (κ2) is 7.44. The number of likely N-dealkylation sites (tertiary alicyclic amines) is 1. The first-order valence-corrected chi connectivity index (χ1v) is 7.56. The Morgan fingerprint density at radius 3 is 2.50 bits per heavy atom. The normalized spacial score (nSPS) is 16.6. The third-order valence-electron chi connectivity index (χ3n) is 4.17. The second-order valence-electron chi connectivity index (χ2n) is 5.94. The van der Waals surface area contributed by atoms with Crippen LogP contribution in [0.1, 0.15) is 32.3 Å². The quantitative estimate of drug-likeness (QED) is 0.826. The first kappa shape index (κ1) is 15.0. The van der Waals surface area contributed by atoms with Gasteiger partial charge in [0.25, 0.3) is 0 Å². The van der Waals surface area contributed by atoms with Crippen LogP contribution in [0.15, 0.2) is 30.3 Å². The van der Waals surface area contributed by atoms with Crippen LogP contribution >= 0.6 is 0 Å². The van der Waals surface area contributed by atoms with Crippen molar-refractivity contribution in [1.29, 1.82) is 0 Å². The summed E-state index contributed by atoms with van der Waals surface area (Å²) < 4.78 is 5.52. The van der Waals surface area contributed by atoms with E-state index in [1.54, 1.807) is 0 Å². The summed E-state index contributed by atoms with van der Waals surface area (Å²) in [6.45, 7) is 7.01. The molecule has 1 saturated heterocycles. The first-order valence-electron chi connectivity index (χ1n) is 7.56. The number of hydrogen-bond acceptors (Lipinski definition) is 2. The summed E-state index contributed by atoms with van der Waals surface area (Å²) in [6, 6.07) is 9.97. The number of nitrogens with zero attached hydrogens (tertiary/aromatic N) is 1. The summed E-state index contributed by atoms with van der Waals surface area (Å²) in [6.07, 6.45) is 2.25. The van der Waals surface area contributed by atoms with Gasteiger partial charge in [0.2, 0.25) is 5.91 Å². The summed E-state index contributed by atoms with van der Waals surface area (Å²) in [4.78, 5) is 14.0. The van der Waals surface area contributed by atoms with Crippen LogP contribution in [0.5, 0.6) is 0 Å². The van der Waals surface area contributed by atoms with Gasteiger partial charge in [-0.2, -0.15) is 0 Å². The highest BCUT2D eigenvalue weighted by Gasteiger charge is 2.24. The Bertz CT molecular complexity index is 408. The maximum Gasteiger partial charge on any atom is 0.248 e. The lowest BCUT2D eigenvalue weighted by atomic mass is 9.87. The van der Waals surface area contributed by atoms with Gasteiger partial charge in [0, 0.05) is 13.1 Å². The van der Waals surface area contributed by atoms with Gasteiger partial charge >= 0.3 is 0 Å². The van der Waals surface area contributed by atoms with Gasteiger partial charge < -0.3 is 9.64 Å². The molecular formula is C17H25NO2. The third-order valence-corrected chi connectivity index (χ3v) is 4.17. The van der Waals surface area contributed by atoms with Crippen molar-refractivity contribution >= 4 is 5.91 Å². The summed E-state index contributed by atoms with van der Waals surface area (Å²) in [5.74, 6) is 1.62. The third kappa shape index (κ3) is 4.34. The zero-order chi connectivity index (χ0) is 14.4. The largest absolute Gasteiger partial charge is 0.367 e. The van der Waals surface area contributed by atoms with Gasteiger partial charge in [-0.25, -0.2) is 0 Å². The van der Waals surface area contributed by atoms with E-state index in [-0.39, 0.29) is 12.5 Å². The number of piperidine rings is 1. The molecule has 0 unspecified atom stereocenters. The Kier molecular flexibility index (Phi) is 5.60. The van der Waals surface area contributed by atoms with Crippen LogP contribution in [0.3, 0.4) is 0 Å². The standard InChI is InChI=1S/C17H25NO2/c1-14(2)16-8-10-18(11-9-16)17(19)13-20-12-15-6-4-3-5-7-15/h3-7,14,16H,8-13H2,1-2H3. The zero-order valence-electron chi connectivity index (χ0n) is 12.5. The Morgan fingerprint density at radius 1 is 1.25 bits per heavy atom. The SMILES string of the molecule is CC(C)C1CCN(C(=O)COCc2ccccc2)CC1. The van der Waals surface area contributed by atoms with Crippen molar-refractivity contribution in [1.82, 2.24) is 4.90 Å². The average molecular weight is 275 g/mol. The molecule has 0 atom stereocenters.